The van der Waals surface area contributed by atoms with E-state index in [0.29, 0.717) is 19.6 Å². The van der Waals surface area contributed by atoms with Gasteiger partial charge in [0, 0.05) is 19.6 Å². The first kappa shape index (κ1) is 22.5. The van der Waals surface area contributed by atoms with Gasteiger partial charge in [0.25, 0.3) is 10.1 Å². The molecule has 3 aromatic rings. The summed E-state index contributed by atoms with van der Waals surface area (Å²) in [4.78, 5) is 2.34. The maximum absolute atomic E-state index is 12.4. The monoisotopic (exact) mass is 443 g/mol. The molecule has 6 heteroatoms. The topological polar surface area (TPSA) is 46.6 Å². The Morgan fingerprint density at radius 2 is 1.33 bits per heavy atom. The molecule has 0 aromatic heterocycles. The van der Waals surface area contributed by atoms with E-state index in [4.69, 9.17) is 15.8 Å². The highest BCUT2D eigenvalue weighted by molar-refractivity contribution is 7.86. The van der Waals surface area contributed by atoms with Crippen molar-refractivity contribution < 1.29 is 12.6 Å². The molecular formula is C24H26ClNO3S. The van der Waals surface area contributed by atoms with E-state index in [0.717, 1.165) is 5.56 Å². The Hall–Kier alpha value is -2.18. The van der Waals surface area contributed by atoms with Gasteiger partial charge in [0.2, 0.25) is 0 Å². The molecule has 0 saturated carbocycles. The first-order valence-electron chi connectivity index (χ1n) is 9.83. The van der Waals surface area contributed by atoms with E-state index in [1.807, 2.05) is 43.3 Å². The summed E-state index contributed by atoms with van der Waals surface area (Å²) in [5.74, 6) is 0. The summed E-state index contributed by atoms with van der Waals surface area (Å²) in [5.41, 5.74) is 3.33. The van der Waals surface area contributed by atoms with Gasteiger partial charge in [-0.05, 0) is 30.2 Å². The van der Waals surface area contributed by atoms with Gasteiger partial charge in [-0.2, -0.15) is 8.42 Å². The van der Waals surface area contributed by atoms with Gasteiger partial charge in [-0.3, -0.25) is 9.08 Å². The van der Waals surface area contributed by atoms with Gasteiger partial charge in [-0.25, -0.2) is 0 Å². The molecule has 0 N–H and O–H groups in total. The zero-order valence-electron chi connectivity index (χ0n) is 16.9. The zero-order valence-corrected chi connectivity index (χ0v) is 18.5. The number of nitrogens with zero attached hydrogens (tertiary/aromatic N) is 1. The number of hydrogen-bond donors (Lipinski definition) is 0. The van der Waals surface area contributed by atoms with Crippen LogP contribution < -0.4 is 0 Å². The van der Waals surface area contributed by atoms with Crippen LogP contribution in [0.15, 0.2) is 89.8 Å². The van der Waals surface area contributed by atoms with E-state index in [-0.39, 0.29) is 11.5 Å². The lowest BCUT2D eigenvalue weighted by Crippen LogP contribution is -2.32. The smallest absolute Gasteiger partial charge is 0.293 e. The van der Waals surface area contributed by atoms with Gasteiger partial charge in [0.05, 0.1) is 16.9 Å². The average Bonchev–Trinajstić information content (AvgIpc) is 2.74. The van der Waals surface area contributed by atoms with Crippen molar-refractivity contribution in [2.75, 3.05) is 13.2 Å². The van der Waals surface area contributed by atoms with Crippen LogP contribution in [0.25, 0.3) is 0 Å². The van der Waals surface area contributed by atoms with Crippen LogP contribution in [0.2, 0.25) is 0 Å². The van der Waals surface area contributed by atoms with Crippen LogP contribution in [0.1, 0.15) is 16.7 Å². The maximum atomic E-state index is 12.4. The summed E-state index contributed by atoms with van der Waals surface area (Å²) in [6, 6.07) is 26.9. The van der Waals surface area contributed by atoms with E-state index < -0.39 is 15.5 Å². The van der Waals surface area contributed by atoms with Gasteiger partial charge in [-0.15, -0.1) is 11.6 Å². The summed E-state index contributed by atoms with van der Waals surface area (Å²) in [6.45, 7) is 3.74. The van der Waals surface area contributed by atoms with Crippen LogP contribution in [-0.4, -0.2) is 31.8 Å². The van der Waals surface area contributed by atoms with E-state index in [1.54, 1.807) is 24.3 Å². The number of halogens is 1. The fourth-order valence-corrected chi connectivity index (χ4v) is 4.42. The predicted octanol–water partition coefficient (Wildman–Crippen LogP) is 5.01. The Kier molecular flexibility index (Phi) is 8.05. The molecule has 30 heavy (non-hydrogen) atoms. The second-order valence-electron chi connectivity index (χ2n) is 7.29. The largest absolute Gasteiger partial charge is 0.297 e. The minimum atomic E-state index is -3.83. The highest BCUT2D eigenvalue weighted by Crippen LogP contribution is 2.16. The summed E-state index contributed by atoms with van der Waals surface area (Å²) < 4.78 is 30.1. The standard InChI is InChI=1S/C24H26ClNO3S/c1-20-12-14-24(15-13-20)30(27,28)29-19-23(25)18-26(16-21-8-4-2-5-9-21)17-22-10-6-3-7-11-22/h2-15,23H,16-19H2,1H3/t23-/m0/s1. The first-order valence-corrected chi connectivity index (χ1v) is 11.7. The van der Waals surface area contributed by atoms with Crippen molar-refractivity contribution in [2.45, 2.75) is 30.3 Å². The van der Waals surface area contributed by atoms with E-state index in [9.17, 15) is 8.42 Å². The highest BCUT2D eigenvalue weighted by atomic mass is 35.5. The molecule has 3 aromatic carbocycles. The Labute approximate surface area is 184 Å². The van der Waals surface area contributed by atoms with Crippen molar-refractivity contribution in [1.29, 1.82) is 0 Å². The number of aryl methyl sites for hydroxylation is 1. The van der Waals surface area contributed by atoms with Crippen LogP contribution in [-0.2, 0) is 27.4 Å². The Morgan fingerprint density at radius 1 is 0.833 bits per heavy atom. The third-order valence-corrected chi connectivity index (χ3v) is 6.23. The molecule has 0 aliphatic heterocycles. The predicted molar refractivity (Wildman–Crippen MR) is 121 cm³/mol. The van der Waals surface area contributed by atoms with E-state index in [1.165, 1.54) is 11.1 Å². The van der Waals surface area contributed by atoms with Gasteiger partial charge < -0.3 is 0 Å². The molecule has 0 saturated heterocycles. The molecule has 158 valence electrons. The molecule has 0 fully saturated rings. The fourth-order valence-electron chi connectivity index (χ4n) is 3.14. The van der Waals surface area contributed by atoms with Crippen molar-refractivity contribution in [3.05, 3.63) is 102 Å². The molecule has 0 amide bonds. The molecule has 0 aliphatic carbocycles. The molecule has 0 heterocycles. The van der Waals surface area contributed by atoms with E-state index in [2.05, 4.69) is 29.2 Å². The summed E-state index contributed by atoms with van der Waals surface area (Å²) >= 11 is 6.50. The Bertz CT molecular complexity index is 968. The van der Waals surface area contributed by atoms with Crippen molar-refractivity contribution in [3.8, 4) is 0 Å². The Morgan fingerprint density at radius 3 is 1.83 bits per heavy atom. The minimum Gasteiger partial charge on any atom is -0.293 e. The van der Waals surface area contributed by atoms with Crippen LogP contribution in [0.3, 0.4) is 0 Å². The molecule has 0 spiro atoms. The molecule has 0 radical (unpaired) electrons. The molecular weight excluding hydrogens is 418 g/mol. The van der Waals surface area contributed by atoms with Crippen LogP contribution in [0, 0.1) is 6.92 Å². The summed E-state index contributed by atoms with van der Waals surface area (Å²) in [5, 5.41) is -0.474. The summed E-state index contributed by atoms with van der Waals surface area (Å²) in [7, 11) is -3.83. The molecule has 0 bridgehead atoms. The Balaban J connectivity index is 1.63. The lowest BCUT2D eigenvalue weighted by atomic mass is 10.1. The van der Waals surface area contributed by atoms with Gasteiger partial charge in [0.15, 0.2) is 0 Å². The number of alkyl halides is 1. The van der Waals surface area contributed by atoms with Crippen LogP contribution in [0.4, 0.5) is 0 Å². The van der Waals surface area contributed by atoms with Gasteiger partial charge in [0.1, 0.15) is 0 Å². The second kappa shape index (κ2) is 10.7. The molecule has 1 atom stereocenters. The highest BCUT2D eigenvalue weighted by Gasteiger charge is 2.19. The molecule has 4 nitrogen and oxygen atoms in total. The lowest BCUT2D eigenvalue weighted by Gasteiger charge is -2.25. The lowest BCUT2D eigenvalue weighted by molar-refractivity contribution is 0.227. The summed E-state index contributed by atoms with van der Waals surface area (Å²) in [6.07, 6.45) is 0. The third-order valence-electron chi connectivity index (χ3n) is 4.67. The van der Waals surface area contributed by atoms with Crippen LogP contribution >= 0.6 is 11.6 Å². The maximum Gasteiger partial charge on any atom is 0.297 e. The first-order chi connectivity index (χ1) is 14.4. The number of rotatable bonds is 10. The molecule has 0 aliphatic rings. The minimum absolute atomic E-state index is 0.0855. The molecule has 3 rings (SSSR count). The number of hydrogen-bond acceptors (Lipinski definition) is 4. The van der Waals surface area contributed by atoms with Gasteiger partial charge in [-0.1, -0.05) is 78.4 Å². The SMILES string of the molecule is Cc1ccc(S(=O)(=O)OC[C@@H](Cl)CN(Cc2ccccc2)Cc2ccccc2)cc1. The van der Waals surface area contributed by atoms with Crippen molar-refractivity contribution in [2.24, 2.45) is 0 Å². The normalized spacial score (nSPS) is 12.8. The quantitative estimate of drug-likeness (QED) is 0.326. The average molecular weight is 444 g/mol. The van der Waals surface area contributed by atoms with Crippen molar-refractivity contribution >= 4 is 21.7 Å². The van der Waals surface area contributed by atoms with Crippen molar-refractivity contribution in [1.82, 2.24) is 4.90 Å². The third kappa shape index (κ3) is 6.96. The fraction of sp³-hybridized carbons (Fsp3) is 0.250. The van der Waals surface area contributed by atoms with Gasteiger partial charge >= 0.3 is 0 Å². The second-order valence-corrected chi connectivity index (χ2v) is 9.52. The zero-order chi connectivity index (χ0) is 21.4. The molecule has 0 unspecified atom stereocenters. The number of benzene rings is 3. The van der Waals surface area contributed by atoms with Crippen molar-refractivity contribution in [3.63, 3.8) is 0 Å². The van der Waals surface area contributed by atoms with Crippen LogP contribution in [0.5, 0.6) is 0 Å². The van der Waals surface area contributed by atoms with E-state index >= 15 is 0 Å².